The zero-order valence-corrected chi connectivity index (χ0v) is 10.2. The summed E-state index contributed by atoms with van der Waals surface area (Å²) in [6.07, 6.45) is 2.02. The van der Waals surface area contributed by atoms with E-state index in [1.165, 1.54) is 5.56 Å². The van der Waals surface area contributed by atoms with Crippen molar-refractivity contribution in [1.29, 1.82) is 0 Å². The van der Waals surface area contributed by atoms with E-state index in [4.69, 9.17) is 5.73 Å². The first-order chi connectivity index (χ1) is 7.22. The van der Waals surface area contributed by atoms with E-state index in [9.17, 15) is 0 Å². The molecular weight excluding hydrogens is 206 g/mol. The minimum Gasteiger partial charge on any atom is -0.370 e. The third-order valence-electron chi connectivity index (χ3n) is 2.02. The SMILES string of the molecule is CCCN=C(N)NC(C)Cc1ccsc1. The number of nitrogens with one attached hydrogen (secondary N) is 1. The molecule has 0 fully saturated rings. The van der Waals surface area contributed by atoms with E-state index in [-0.39, 0.29) is 0 Å². The minimum atomic E-state index is 0.334. The molecule has 1 atom stereocenters. The Labute approximate surface area is 95.4 Å². The molecule has 3 nitrogen and oxygen atoms in total. The molecule has 1 unspecified atom stereocenters. The zero-order valence-electron chi connectivity index (χ0n) is 9.36. The Balaban J connectivity index is 2.32. The predicted octanol–water partition coefficient (Wildman–Crippen LogP) is 1.99. The van der Waals surface area contributed by atoms with Crippen LogP contribution in [0.5, 0.6) is 0 Å². The van der Waals surface area contributed by atoms with Crippen LogP contribution in [0.25, 0.3) is 0 Å². The van der Waals surface area contributed by atoms with Crippen LogP contribution >= 0.6 is 11.3 Å². The van der Waals surface area contributed by atoms with Crippen molar-refractivity contribution in [1.82, 2.24) is 5.32 Å². The summed E-state index contributed by atoms with van der Waals surface area (Å²) >= 11 is 1.73. The quantitative estimate of drug-likeness (QED) is 0.595. The van der Waals surface area contributed by atoms with Crippen molar-refractivity contribution in [2.45, 2.75) is 32.7 Å². The number of guanidine groups is 1. The highest BCUT2D eigenvalue weighted by Gasteiger charge is 2.04. The molecule has 0 radical (unpaired) electrons. The monoisotopic (exact) mass is 225 g/mol. The van der Waals surface area contributed by atoms with Crippen LogP contribution in [0.4, 0.5) is 0 Å². The number of rotatable bonds is 5. The molecule has 0 amide bonds. The van der Waals surface area contributed by atoms with Gasteiger partial charge in [0.05, 0.1) is 0 Å². The van der Waals surface area contributed by atoms with Gasteiger partial charge < -0.3 is 11.1 Å². The molecule has 3 N–H and O–H groups in total. The Morgan fingerprint density at radius 2 is 2.47 bits per heavy atom. The van der Waals surface area contributed by atoms with Gasteiger partial charge in [-0.25, -0.2) is 0 Å². The van der Waals surface area contributed by atoms with Crippen molar-refractivity contribution in [3.05, 3.63) is 22.4 Å². The van der Waals surface area contributed by atoms with Gasteiger partial charge in [0.15, 0.2) is 5.96 Å². The van der Waals surface area contributed by atoms with Gasteiger partial charge in [-0.2, -0.15) is 11.3 Å². The van der Waals surface area contributed by atoms with Gasteiger partial charge in [-0.1, -0.05) is 6.92 Å². The molecule has 0 aliphatic heterocycles. The highest BCUT2D eigenvalue weighted by atomic mass is 32.1. The third-order valence-corrected chi connectivity index (χ3v) is 2.75. The van der Waals surface area contributed by atoms with Crippen LogP contribution in [0.15, 0.2) is 21.8 Å². The molecule has 4 heteroatoms. The normalized spacial score (nSPS) is 13.9. The lowest BCUT2D eigenvalue weighted by molar-refractivity contribution is 0.655. The Hall–Kier alpha value is -1.03. The van der Waals surface area contributed by atoms with Gasteiger partial charge in [-0.15, -0.1) is 0 Å². The number of thiophene rings is 1. The number of nitrogens with zero attached hydrogens (tertiary/aromatic N) is 1. The van der Waals surface area contributed by atoms with Crippen molar-refractivity contribution >= 4 is 17.3 Å². The first-order valence-electron chi connectivity index (χ1n) is 5.30. The van der Waals surface area contributed by atoms with Gasteiger partial charge in [-0.05, 0) is 42.2 Å². The van der Waals surface area contributed by atoms with Crippen molar-refractivity contribution in [3.8, 4) is 0 Å². The summed E-state index contributed by atoms with van der Waals surface area (Å²) in [6.45, 7) is 5.00. The van der Waals surface area contributed by atoms with Crippen molar-refractivity contribution in [3.63, 3.8) is 0 Å². The van der Waals surface area contributed by atoms with Crippen molar-refractivity contribution < 1.29 is 0 Å². The molecule has 0 saturated carbocycles. The van der Waals surface area contributed by atoms with E-state index in [0.29, 0.717) is 12.0 Å². The second kappa shape index (κ2) is 6.45. The zero-order chi connectivity index (χ0) is 11.1. The van der Waals surface area contributed by atoms with E-state index in [2.05, 4.69) is 41.0 Å². The van der Waals surface area contributed by atoms with Gasteiger partial charge in [0.25, 0.3) is 0 Å². The number of hydrogen-bond donors (Lipinski definition) is 2. The molecule has 84 valence electrons. The molecule has 0 saturated heterocycles. The maximum Gasteiger partial charge on any atom is 0.188 e. The summed E-state index contributed by atoms with van der Waals surface area (Å²) in [6, 6.07) is 2.47. The van der Waals surface area contributed by atoms with E-state index < -0.39 is 0 Å². The highest BCUT2D eigenvalue weighted by Crippen LogP contribution is 2.08. The van der Waals surface area contributed by atoms with Crippen LogP contribution in [-0.2, 0) is 6.42 Å². The maximum atomic E-state index is 5.73. The van der Waals surface area contributed by atoms with Crippen LogP contribution in [0.2, 0.25) is 0 Å². The van der Waals surface area contributed by atoms with Crippen molar-refractivity contribution in [2.24, 2.45) is 10.7 Å². The topological polar surface area (TPSA) is 50.4 Å². The van der Waals surface area contributed by atoms with E-state index in [1.807, 2.05) is 0 Å². The van der Waals surface area contributed by atoms with Crippen LogP contribution in [0.1, 0.15) is 25.8 Å². The predicted molar refractivity (Wildman–Crippen MR) is 67.4 cm³/mol. The second-order valence-electron chi connectivity index (χ2n) is 3.65. The maximum absolute atomic E-state index is 5.73. The lowest BCUT2D eigenvalue weighted by atomic mass is 10.1. The second-order valence-corrected chi connectivity index (χ2v) is 4.43. The summed E-state index contributed by atoms with van der Waals surface area (Å²) in [5.74, 6) is 0.555. The van der Waals surface area contributed by atoms with Gasteiger partial charge in [-0.3, -0.25) is 4.99 Å². The standard InChI is InChI=1S/C11H19N3S/c1-3-5-13-11(12)14-9(2)7-10-4-6-15-8-10/h4,6,8-9H,3,5,7H2,1-2H3,(H3,12,13,14). The lowest BCUT2D eigenvalue weighted by Crippen LogP contribution is -2.39. The fourth-order valence-electron chi connectivity index (χ4n) is 1.34. The Morgan fingerprint density at radius 3 is 3.07 bits per heavy atom. The molecule has 0 spiro atoms. The summed E-state index contributed by atoms with van der Waals surface area (Å²) in [4.78, 5) is 4.20. The average Bonchev–Trinajstić information content (AvgIpc) is 2.67. The molecule has 1 aromatic heterocycles. The smallest absolute Gasteiger partial charge is 0.188 e. The first kappa shape index (κ1) is 12.0. The molecule has 0 bridgehead atoms. The number of nitrogens with two attached hydrogens (primary N) is 1. The summed E-state index contributed by atoms with van der Waals surface area (Å²) < 4.78 is 0. The van der Waals surface area contributed by atoms with E-state index >= 15 is 0 Å². The van der Waals surface area contributed by atoms with Crippen molar-refractivity contribution in [2.75, 3.05) is 6.54 Å². The van der Waals surface area contributed by atoms with Crippen LogP contribution in [0, 0.1) is 0 Å². The van der Waals surface area contributed by atoms with Gasteiger partial charge in [0.1, 0.15) is 0 Å². The highest BCUT2D eigenvalue weighted by molar-refractivity contribution is 7.07. The molecular formula is C11H19N3S. The molecule has 15 heavy (non-hydrogen) atoms. The molecule has 0 aliphatic rings. The van der Waals surface area contributed by atoms with E-state index in [1.54, 1.807) is 11.3 Å². The Morgan fingerprint density at radius 1 is 1.67 bits per heavy atom. The van der Waals surface area contributed by atoms with Crippen LogP contribution < -0.4 is 11.1 Å². The molecule has 0 aliphatic carbocycles. The lowest BCUT2D eigenvalue weighted by Gasteiger charge is -2.13. The van der Waals surface area contributed by atoms with Crippen LogP contribution in [-0.4, -0.2) is 18.5 Å². The first-order valence-corrected chi connectivity index (χ1v) is 6.24. The van der Waals surface area contributed by atoms with Gasteiger partial charge in [0, 0.05) is 12.6 Å². The van der Waals surface area contributed by atoms with Gasteiger partial charge in [0.2, 0.25) is 0 Å². The van der Waals surface area contributed by atoms with E-state index in [0.717, 1.165) is 19.4 Å². The van der Waals surface area contributed by atoms with Gasteiger partial charge >= 0.3 is 0 Å². The molecule has 0 aromatic carbocycles. The summed E-state index contributed by atoms with van der Waals surface area (Å²) in [5, 5.41) is 7.44. The number of aliphatic imine (C=N–C) groups is 1. The fraction of sp³-hybridized carbons (Fsp3) is 0.545. The largest absolute Gasteiger partial charge is 0.370 e. The summed E-state index contributed by atoms with van der Waals surface area (Å²) in [5.41, 5.74) is 7.08. The minimum absolute atomic E-state index is 0.334. The average molecular weight is 225 g/mol. The number of hydrogen-bond acceptors (Lipinski definition) is 2. The van der Waals surface area contributed by atoms with Crippen LogP contribution in [0.3, 0.4) is 0 Å². The molecule has 1 aromatic rings. The Kier molecular flexibility index (Phi) is 5.18. The molecule has 1 rings (SSSR count). The molecule has 1 heterocycles. The third kappa shape index (κ3) is 4.83. The summed E-state index contributed by atoms with van der Waals surface area (Å²) in [7, 11) is 0. The Bertz CT molecular complexity index is 293. The fourth-order valence-corrected chi connectivity index (χ4v) is 2.03.